The number of amides is 3. The summed E-state index contributed by atoms with van der Waals surface area (Å²) < 4.78 is 77.8. The molecule has 4 nitrogen and oxygen atoms in total. The lowest BCUT2D eigenvalue weighted by Crippen LogP contribution is -2.35. The third kappa shape index (κ3) is 5.54. The number of anilines is 1. The standard InChI is InChI=1S/C15H7ClF6N2O2S/c16-7-4-6(27-15(20,21)22)5-10(19)12(7)23-14(26)24-13(25)11-8(17)2-1-3-9(11)18/h1-5H,(H2,23,24,25,26). The van der Waals surface area contributed by atoms with E-state index in [4.69, 9.17) is 11.6 Å². The summed E-state index contributed by atoms with van der Waals surface area (Å²) in [5.41, 5.74) is -6.45. The minimum Gasteiger partial charge on any atom is -0.304 e. The Morgan fingerprint density at radius 3 is 2.11 bits per heavy atom. The van der Waals surface area contributed by atoms with Gasteiger partial charge in [0.1, 0.15) is 23.0 Å². The van der Waals surface area contributed by atoms with Crippen molar-refractivity contribution in [2.75, 3.05) is 5.32 Å². The van der Waals surface area contributed by atoms with Gasteiger partial charge in [0.2, 0.25) is 0 Å². The van der Waals surface area contributed by atoms with Crippen molar-refractivity contribution in [2.45, 2.75) is 10.4 Å². The van der Waals surface area contributed by atoms with Crippen LogP contribution in [0, 0.1) is 17.5 Å². The zero-order valence-electron chi connectivity index (χ0n) is 12.8. The van der Waals surface area contributed by atoms with Gasteiger partial charge in [-0.1, -0.05) is 17.7 Å². The molecule has 12 heteroatoms. The summed E-state index contributed by atoms with van der Waals surface area (Å²) in [5.74, 6) is -5.24. The Morgan fingerprint density at radius 2 is 1.59 bits per heavy atom. The Labute approximate surface area is 156 Å². The highest BCUT2D eigenvalue weighted by molar-refractivity contribution is 8.00. The first-order chi connectivity index (χ1) is 12.5. The predicted octanol–water partition coefficient (Wildman–Crippen LogP) is 5.33. The van der Waals surface area contributed by atoms with E-state index in [1.54, 1.807) is 10.6 Å². The van der Waals surface area contributed by atoms with E-state index in [-0.39, 0.29) is 0 Å². The molecular formula is C15H7ClF6N2O2S. The van der Waals surface area contributed by atoms with Crippen molar-refractivity contribution >= 4 is 41.0 Å². The summed E-state index contributed by atoms with van der Waals surface area (Å²) in [7, 11) is 0. The lowest BCUT2D eigenvalue weighted by Gasteiger charge is -2.12. The Morgan fingerprint density at radius 1 is 1.00 bits per heavy atom. The van der Waals surface area contributed by atoms with Crippen molar-refractivity contribution in [3.63, 3.8) is 0 Å². The molecule has 2 aromatic carbocycles. The van der Waals surface area contributed by atoms with E-state index >= 15 is 0 Å². The molecule has 0 unspecified atom stereocenters. The summed E-state index contributed by atoms with van der Waals surface area (Å²) in [6.07, 6.45) is 0. The van der Waals surface area contributed by atoms with Crippen LogP contribution in [0.1, 0.15) is 10.4 Å². The van der Waals surface area contributed by atoms with Crippen molar-refractivity contribution in [2.24, 2.45) is 0 Å². The van der Waals surface area contributed by atoms with Gasteiger partial charge in [0.25, 0.3) is 5.91 Å². The molecule has 0 atom stereocenters. The molecule has 0 aliphatic heterocycles. The van der Waals surface area contributed by atoms with Gasteiger partial charge in [0.05, 0.1) is 10.7 Å². The average Bonchev–Trinajstić information content (AvgIpc) is 2.49. The van der Waals surface area contributed by atoms with Crippen LogP contribution in [-0.4, -0.2) is 17.4 Å². The number of thioether (sulfide) groups is 1. The molecule has 0 fully saturated rings. The van der Waals surface area contributed by atoms with Crippen LogP contribution >= 0.6 is 23.4 Å². The number of hydrogen-bond donors (Lipinski definition) is 2. The van der Waals surface area contributed by atoms with Gasteiger partial charge in [-0.2, -0.15) is 13.2 Å². The summed E-state index contributed by atoms with van der Waals surface area (Å²) >= 11 is 5.02. The monoisotopic (exact) mass is 428 g/mol. The maximum absolute atomic E-state index is 13.9. The molecule has 27 heavy (non-hydrogen) atoms. The molecule has 3 amide bonds. The Balaban J connectivity index is 2.15. The molecule has 144 valence electrons. The van der Waals surface area contributed by atoms with Crippen LogP contribution in [0.4, 0.5) is 36.8 Å². The molecule has 0 aliphatic carbocycles. The number of carbonyl (C=O) groups is 2. The second kappa shape index (κ2) is 8.09. The van der Waals surface area contributed by atoms with Crippen LogP contribution in [0.25, 0.3) is 0 Å². The molecule has 0 heterocycles. The van der Waals surface area contributed by atoms with Gasteiger partial charge in [-0.15, -0.1) is 0 Å². The fraction of sp³-hybridized carbons (Fsp3) is 0.0667. The topological polar surface area (TPSA) is 58.2 Å². The third-order valence-electron chi connectivity index (χ3n) is 2.90. The van der Waals surface area contributed by atoms with Crippen LogP contribution in [0.3, 0.4) is 0 Å². The van der Waals surface area contributed by atoms with Gasteiger partial charge in [-0.25, -0.2) is 18.0 Å². The van der Waals surface area contributed by atoms with E-state index in [0.29, 0.717) is 6.07 Å². The second-order valence-electron chi connectivity index (χ2n) is 4.81. The van der Waals surface area contributed by atoms with Crippen molar-refractivity contribution in [1.29, 1.82) is 0 Å². The van der Waals surface area contributed by atoms with Gasteiger partial charge in [0.15, 0.2) is 0 Å². The summed E-state index contributed by atoms with van der Waals surface area (Å²) in [5, 5.41) is 2.77. The number of alkyl halides is 3. The zero-order chi connectivity index (χ0) is 20.4. The lowest BCUT2D eigenvalue weighted by atomic mass is 10.2. The van der Waals surface area contributed by atoms with Gasteiger partial charge in [-0.3, -0.25) is 10.1 Å². The molecule has 2 rings (SSSR count). The molecule has 0 aromatic heterocycles. The van der Waals surface area contributed by atoms with Crippen molar-refractivity contribution < 1.29 is 35.9 Å². The minimum atomic E-state index is -4.68. The minimum absolute atomic E-state index is 0.470. The number of imide groups is 1. The highest BCUT2D eigenvalue weighted by atomic mass is 35.5. The van der Waals surface area contributed by atoms with Crippen LogP contribution in [0.5, 0.6) is 0 Å². The number of hydrogen-bond acceptors (Lipinski definition) is 3. The first kappa shape index (κ1) is 20.9. The fourth-order valence-electron chi connectivity index (χ4n) is 1.89. The maximum Gasteiger partial charge on any atom is 0.446 e. The lowest BCUT2D eigenvalue weighted by molar-refractivity contribution is -0.0328. The van der Waals surface area contributed by atoms with E-state index < -0.39 is 67.8 Å². The van der Waals surface area contributed by atoms with E-state index in [0.717, 1.165) is 24.3 Å². The number of halogens is 7. The quantitative estimate of drug-likeness (QED) is 0.513. The van der Waals surface area contributed by atoms with E-state index in [9.17, 15) is 35.9 Å². The van der Waals surface area contributed by atoms with Gasteiger partial charge in [0, 0.05) is 4.90 Å². The molecule has 0 aliphatic rings. The molecule has 0 saturated carbocycles. The second-order valence-corrected chi connectivity index (χ2v) is 6.36. The van der Waals surface area contributed by atoms with Gasteiger partial charge >= 0.3 is 11.5 Å². The van der Waals surface area contributed by atoms with E-state index in [1.165, 1.54) is 0 Å². The Hall–Kier alpha value is -2.40. The van der Waals surface area contributed by atoms with Crippen LogP contribution < -0.4 is 10.6 Å². The van der Waals surface area contributed by atoms with Crippen molar-refractivity contribution in [1.82, 2.24) is 5.32 Å². The number of urea groups is 1. The number of benzene rings is 2. The first-order valence-electron chi connectivity index (χ1n) is 6.79. The highest BCUT2D eigenvalue weighted by Crippen LogP contribution is 2.40. The smallest absolute Gasteiger partial charge is 0.304 e. The SMILES string of the molecule is O=C(NC(=O)c1c(F)cccc1F)Nc1c(F)cc(SC(F)(F)F)cc1Cl. The Bertz CT molecular complexity index is 863. The molecule has 2 aromatic rings. The first-order valence-corrected chi connectivity index (χ1v) is 7.98. The zero-order valence-corrected chi connectivity index (χ0v) is 14.3. The van der Waals surface area contributed by atoms with Crippen LogP contribution in [-0.2, 0) is 0 Å². The third-order valence-corrected chi connectivity index (χ3v) is 3.91. The highest BCUT2D eigenvalue weighted by Gasteiger charge is 2.30. The number of nitrogens with one attached hydrogen (secondary N) is 2. The molecule has 0 spiro atoms. The number of rotatable bonds is 3. The van der Waals surface area contributed by atoms with Gasteiger partial charge < -0.3 is 5.32 Å². The normalized spacial score (nSPS) is 11.2. The largest absolute Gasteiger partial charge is 0.446 e. The fourth-order valence-corrected chi connectivity index (χ4v) is 2.81. The van der Waals surface area contributed by atoms with E-state index in [2.05, 4.69) is 0 Å². The molecule has 2 N–H and O–H groups in total. The molecule has 0 bridgehead atoms. The summed E-state index contributed by atoms with van der Waals surface area (Å²) in [6, 6.07) is 2.37. The van der Waals surface area contributed by atoms with Crippen molar-refractivity contribution in [3.05, 3.63) is 58.4 Å². The number of carbonyl (C=O) groups excluding carboxylic acids is 2. The summed E-state index contributed by atoms with van der Waals surface area (Å²) in [4.78, 5) is 22.9. The average molecular weight is 429 g/mol. The van der Waals surface area contributed by atoms with Crippen LogP contribution in [0.2, 0.25) is 5.02 Å². The van der Waals surface area contributed by atoms with E-state index in [1.807, 2.05) is 0 Å². The molecular weight excluding hydrogens is 422 g/mol. The van der Waals surface area contributed by atoms with Crippen LogP contribution in [0.15, 0.2) is 35.2 Å². The van der Waals surface area contributed by atoms with Crippen molar-refractivity contribution in [3.8, 4) is 0 Å². The predicted molar refractivity (Wildman–Crippen MR) is 86.2 cm³/mol. The Kier molecular flexibility index (Phi) is 6.26. The maximum atomic E-state index is 13.9. The molecule has 0 saturated heterocycles. The molecule has 0 radical (unpaired) electrons. The summed E-state index contributed by atoms with van der Waals surface area (Å²) in [6.45, 7) is 0. The van der Waals surface area contributed by atoms with Gasteiger partial charge in [-0.05, 0) is 36.0 Å².